The van der Waals surface area contributed by atoms with Crippen molar-refractivity contribution >= 4 is 35.2 Å². The van der Waals surface area contributed by atoms with Gasteiger partial charge in [0, 0.05) is 27.8 Å². The zero-order valence-corrected chi connectivity index (χ0v) is 19.5. The molecule has 2 aromatic rings. The minimum Gasteiger partial charge on any atom is -0.490 e. The smallest absolute Gasteiger partial charge is 0.340 e. The highest BCUT2D eigenvalue weighted by Crippen LogP contribution is 2.43. The molecule has 1 aromatic carbocycles. The van der Waals surface area contributed by atoms with Crippen LogP contribution in [0.3, 0.4) is 0 Å². The molecule has 0 saturated heterocycles. The number of cyclic esters (lactones) is 1. The Morgan fingerprint density at radius 1 is 1.34 bits per heavy atom. The van der Waals surface area contributed by atoms with E-state index in [1.54, 1.807) is 12.3 Å². The molecule has 0 aliphatic carbocycles. The van der Waals surface area contributed by atoms with Crippen LogP contribution < -0.4 is 4.74 Å². The predicted molar refractivity (Wildman–Crippen MR) is 130 cm³/mol. The summed E-state index contributed by atoms with van der Waals surface area (Å²) in [5.74, 6) is 0.137. The Morgan fingerprint density at radius 2 is 2.09 bits per heavy atom. The van der Waals surface area contributed by atoms with Gasteiger partial charge in [-0.1, -0.05) is 33.1 Å². The van der Waals surface area contributed by atoms with Crippen molar-refractivity contribution in [1.82, 2.24) is 9.88 Å². The third-order valence-electron chi connectivity index (χ3n) is 5.29. The SMILES string of the molecule is C=CCOc1ccc2nc3c(cc2c1)CN1C(=C)C2=C(C=C31)C(O)C(=O)OC2.CC.CS. The van der Waals surface area contributed by atoms with Crippen molar-refractivity contribution in [2.24, 2.45) is 0 Å². The van der Waals surface area contributed by atoms with E-state index in [1.165, 1.54) is 0 Å². The van der Waals surface area contributed by atoms with Crippen LogP contribution in [0.1, 0.15) is 25.1 Å². The van der Waals surface area contributed by atoms with E-state index in [4.69, 9.17) is 14.5 Å². The highest BCUT2D eigenvalue weighted by molar-refractivity contribution is 7.79. The number of ether oxygens (including phenoxy) is 2. The van der Waals surface area contributed by atoms with Gasteiger partial charge in [-0.05, 0) is 36.6 Å². The molecule has 168 valence electrons. The third-order valence-corrected chi connectivity index (χ3v) is 5.29. The van der Waals surface area contributed by atoms with Crippen molar-refractivity contribution in [3.63, 3.8) is 0 Å². The summed E-state index contributed by atoms with van der Waals surface area (Å²) in [5, 5.41) is 11.2. The number of thiol groups is 1. The number of hydrogen-bond donors (Lipinski definition) is 2. The van der Waals surface area contributed by atoms with E-state index in [0.717, 1.165) is 44.9 Å². The summed E-state index contributed by atoms with van der Waals surface area (Å²) in [6.07, 6.45) is 3.95. The lowest BCUT2D eigenvalue weighted by Crippen LogP contribution is -2.36. The molecule has 0 amide bonds. The molecule has 1 N–H and O–H groups in total. The first-order valence-electron chi connectivity index (χ1n) is 10.5. The van der Waals surface area contributed by atoms with E-state index in [-0.39, 0.29) is 6.61 Å². The molecule has 0 saturated carbocycles. The Labute approximate surface area is 194 Å². The van der Waals surface area contributed by atoms with Crippen LogP contribution in [0.2, 0.25) is 0 Å². The Balaban J connectivity index is 0.000000686. The van der Waals surface area contributed by atoms with Crippen LogP contribution in [0.4, 0.5) is 0 Å². The van der Waals surface area contributed by atoms with E-state index in [9.17, 15) is 9.90 Å². The largest absolute Gasteiger partial charge is 0.490 e. The number of aliphatic hydroxyl groups is 1. The van der Waals surface area contributed by atoms with E-state index < -0.39 is 12.1 Å². The zero-order chi connectivity index (χ0) is 23.4. The van der Waals surface area contributed by atoms with Crippen LogP contribution in [0, 0.1) is 0 Å². The van der Waals surface area contributed by atoms with Crippen LogP contribution in [0.15, 0.2) is 66.4 Å². The number of rotatable bonds is 3. The van der Waals surface area contributed by atoms with Crippen LogP contribution in [-0.4, -0.2) is 46.5 Å². The number of pyridine rings is 1. The second-order valence-electron chi connectivity index (χ2n) is 6.96. The Morgan fingerprint density at radius 3 is 2.81 bits per heavy atom. The average molecular weight is 453 g/mol. The van der Waals surface area contributed by atoms with Gasteiger partial charge in [0.15, 0.2) is 6.10 Å². The van der Waals surface area contributed by atoms with Crippen LogP contribution in [0.5, 0.6) is 5.75 Å². The first-order chi connectivity index (χ1) is 15.6. The minimum atomic E-state index is -1.29. The van der Waals surface area contributed by atoms with Crippen LogP contribution >= 0.6 is 12.6 Å². The first-order valence-corrected chi connectivity index (χ1v) is 11.3. The van der Waals surface area contributed by atoms with Crippen molar-refractivity contribution in [2.75, 3.05) is 19.5 Å². The molecular formula is C25H28N2O4S. The molecule has 6 nitrogen and oxygen atoms in total. The number of nitrogens with zero attached hydrogens (tertiary/aromatic N) is 2. The fourth-order valence-electron chi connectivity index (χ4n) is 3.88. The highest BCUT2D eigenvalue weighted by Gasteiger charge is 2.38. The molecule has 7 heteroatoms. The fourth-order valence-corrected chi connectivity index (χ4v) is 3.88. The van der Waals surface area contributed by atoms with Gasteiger partial charge in [0.25, 0.3) is 0 Å². The summed E-state index contributed by atoms with van der Waals surface area (Å²) in [6.45, 7) is 13.0. The standard InChI is InChI=1S/C22H18N2O4.C2H6.CH4S/c1-3-6-27-15-4-5-18-13(8-15)7-14-10-24-12(2)17-11-28-22(26)21(25)16(17)9-19(24)20(14)23-18;2*1-2/h3-5,7-9,21,25H,1-2,6,10-11H2;1-2H3;2H,1H3. The maximum atomic E-state index is 11.8. The lowest BCUT2D eigenvalue weighted by atomic mass is 9.93. The summed E-state index contributed by atoms with van der Waals surface area (Å²) in [5.41, 5.74) is 5.64. The van der Waals surface area contributed by atoms with Gasteiger partial charge in [-0.2, -0.15) is 12.6 Å². The van der Waals surface area contributed by atoms with Crippen molar-refractivity contribution in [3.05, 3.63) is 77.7 Å². The number of esters is 1. The van der Waals surface area contributed by atoms with E-state index in [1.807, 2.05) is 38.1 Å². The molecule has 3 aliphatic rings. The number of aromatic nitrogens is 1. The molecule has 1 atom stereocenters. The Bertz CT molecular complexity index is 1140. The molecule has 3 aliphatic heterocycles. The molecule has 5 rings (SSSR count). The first kappa shape index (κ1) is 23.6. The van der Waals surface area contributed by atoms with E-state index in [0.29, 0.717) is 18.7 Å². The van der Waals surface area contributed by atoms with Gasteiger partial charge in [0.1, 0.15) is 19.0 Å². The molecule has 4 heterocycles. The zero-order valence-electron chi connectivity index (χ0n) is 18.6. The number of aliphatic hydroxyl groups excluding tert-OH is 1. The van der Waals surface area contributed by atoms with E-state index >= 15 is 0 Å². The molecule has 1 unspecified atom stereocenters. The van der Waals surface area contributed by atoms with Gasteiger partial charge >= 0.3 is 5.97 Å². The topological polar surface area (TPSA) is 71.9 Å². The van der Waals surface area contributed by atoms with Gasteiger partial charge in [0.05, 0.1) is 23.5 Å². The van der Waals surface area contributed by atoms with Gasteiger partial charge < -0.3 is 19.5 Å². The predicted octanol–water partition coefficient (Wildman–Crippen LogP) is 4.27. The summed E-state index contributed by atoms with van der Waals surface area (Å²) in [4.78, 5) is 18.6. The molecular weight excluding hydrogens is 424 g/mol. The number of fused-ring (bicyclic) bond motifs is 4. The summed E-state index contributed by atoms with van der Waals surface area (Å²) < 4.78 is 10.7. The molecule has 0 spiro atoms. The Kier molecular flexibility index (Phi) is 7.43. The second-order valence-corrected chi connectivity index (χ2v) is 6.96. The summed E-state index contributed by atoms with van der Waals surface area (Å²) in [7, 11) is 0. The van der Waals surface area contributed by atoms with Gasteiger partial charge in [-0.15, -0.1) is 0 Å². The number of benzene rings is 1. The third kappa shape index (κ3) is 4.06. The second kappa shape index (κ2) is 10.1. The molecule has 0 radical (unpaired) electrons. The normalized spacial score (nSPS) is 18.2. The molecule has 1 aromatic heterocycles. The average Bonchev–Trinajstić information content (AvgIpc) is 3.19. The van der Waals surface area contributed by atoms with Crippen molar-refractivity contribution in [3.8, 4) is 5.75 Å². The Hall–Kier alpha value is -3.03. The molecule has 32 heavy (non-hydrogen) atoms. The number of carbonyl (C=O) groups is 1. The number of hydrogen-bond acceptors (Lipinski definition) is 7. The summed E-state index contributed by atoms with van der Waals surface area (Å²) in [6, 6.07) is 7.87. The van der Waals surface area contributed by atoms with E-state index in [2.05, 4.69) is 36.8 Å². The monoisotopic (exact) mass is 452 g/mol. The van der Waals surface area contributed by atoms with Gasteiger partial charge in [0.2, 0.25) is 0 Å². The van der Waals surface area contributed by atoms with Gasteiger partial charge in [-0.3, -0.25) is 0 Å². The van der Waals surface area contributed by atoms with Crippen LogP contribution in [0.25, 0.3) is 16.6 Å². The van der Waals surface area contributed by atoms with Crippen molar-refractivity contribution in [1.29, 1.82) is 0 Å². The lowest BCUT2D eigenvalue weighted by molar-refractivity contribution is -0.151. The number of carbonyl (C=O) groups excluding carboxylic acids is 1. The maximum Gasteiger partial charge on any atom is 0.340 e. The van der Waals surface area contributed by atoms with Crippen LogP contribution in [-0.2, 0) is 16.1 Å². The quantitative estimate of drug-likeness (QED) is 0.412. The van der Waals surface area contributed by atoms with Gasteiger partial charge in [-0.25, -0.2) is 9.78 Å². The lowest BCUT2D eigenvalue weighted by Gasteiger charge is -2.33. The molecule has 0 bridgehead atoms. The minimum absolute atomic E-state index is 0.125. The van der Waals surface area contributed by atoms with Crippen molar-refractivity contribution < 1.29 is 19.4 Å². The maximum absolute atomic E-state index is 11.8. The highest BCUT2D eigenvalue weighted by atomic mass is 32.1. The van der Waals surface area contributed by atoms with Crippen molar-refractivity contribution in [2.45, 2.75) is 26.5 Å². The molecule has 0 fully saturated rings. The summed E-state index contributed by atoms with van der Waals surface area (Å²) >= 11 is 3.53. The fraction of sp³-hybridized carbons (Fsp3) is 0.280.